The van der Waals surface area contributed by atoms with Crippen LogP contribution < -0.4 is 27.0 Å². The van der Waals surface area contributed by atoms with Gasteiger partial charge in [-0.05, 0) is 273 Å². The molecule has 7 aromatic heterocycles. The maximum atomic E-state index is 13.4. The van der Waals surface area contributed by atoms with Crippen LogP contribution in [0.5, 0.6) is 0 Å². The highest BCUT2D eigenvalue weighted by molar-refractivity contribution is 9.11. The molecule has 0 aromatic carbocycles. The van der Waals surface area contributed by atoms with Crippen molar-refractivity contribution in [2.45, 2.75) is 273 Å². The number of aliphatic hydroxyl groups is 2. The lowest BCUT2D eigenvalue weighted by Crippen LogP contribution is -2.41. The number of carbonyl (C=O) groups excluding carboxylic acids is 2. The Kier molecular flexibility index (Phi) is 33.1. The molecule has 5 aliphatic rings. The third-order valence-electron chi connectivity index (χ3n) is 20.6. The zero-order valence-corrected chi connectivity index (χ0v) is 72.8. The minimum Gasteiger partial charge on any atom is -0.476 e. The quantitative estimate of drug-likeness (QED) is 0.0201. The number of carboxylic acid groups (broad SMARTS) is 1. The van der Waals surface area contributed by atoms with E-state index in [2.05, 4.69) is 112 Å². The van der Waals surface area contributed by atoms with E-state index < -0.39 is 50.2 Å². The Balaban J connectivity index is 0.000000189. The Morgan fingerprint density at radius 1 is 0.514 bits per heavy atom. The SMILES string of the molecule is CC1(C)OB(B2OC(C)(C)C(C)(C)O2)OC1(C)C.CCCCNc1ncc(Br)c(NC2CCC(O)CC2)n1.CCCCNc1ncc2c3ccc(C)nc3c(=O)n(C3CCC(O)CC3)c2n1.CCOC(=O)c1nc(C)ccc1B1OC(C)(C)C(C)(C)O1.CCOC(=O)c1nc(C)ccc1Br.Cc1ccc(Br)c(C(=O)O)n1. The molecule has 111 heavy (non-hydrogen) atoms. The van der Waals surface area contributed by atoms with Crippen LogP contribution in [0.25, 0.3) is 21.9 Å². The number of aliphatic hydroxyl groups excluding tert-OH is 2. The molecule has 3 aliphatic heterocycles. The first-order chi connectivity index (χ1) is 52.1. The van der Waals surface area contributed by atoms with Crippen molar-refractivity contribution in [1.82, 2.24) is 44.4 Å². The largest absolute Gasteiger partial charge is 0.497 e. The number of carboxylic acids is 1. The molecule has 5 fully saturated rings. The minimum absolute atomic E-state index is 0.0171. The number of hydrogen-bond donors (Lipinski definition) is 6. The van der Waals surface area contributed by atoms with E-state index in [1.165, 1.54) is 0 Å². The number of fused-ring (bicyclic) bond motifs is 3. The van der Waals surface area contributed by atoms with Gasteiger partial charge in [-0.15, -0.1) is 0 Å². The van der Waals surface area contributed by atoms with E-state index in [0.29, 0.717) is 81.0 Å². The second kappa shape index (κ2) is 40.1. The van der Waals surface area contributed by atoms with Gasteiger partial charge in [0.2, 0.25) is 11.9 Å². The summed E-state index contributed by atoms with van der Waals surface area (Å²) in [6, 6.07) is 14.9. The van der Waals surface area contributed by atoms with Crippen LogP contribution in [0.2, 0.25) is 0 Å². The molecule has 604 valence electrons. The van der Waals surface area contributed by atoms with Crippen molar-refractivity contribution in [3.63, 3.8) is 0 Å². The molecule has 0 unspecified atom stereocenters. The van der Waals surface area contributed by atoms with Gasteiger partial charge in [0.1, 0.15) is 22.7 Å². The van der Waals surface area contributed by atoms with E-state index in [9.17, 15) is 29.4 Å². The third kappa shape index (κ3) is 24.5. The summed E-state index contributed by atoms with van der Waals surface area (Å²) in [7, 11) is -1.57. The number of hydrogen-bond acceptors (Lipinski definition) is 25. The Hall–Kier alpha value is -6.65. The van der Waals surface area contributed by atoms with Crippen molar-refractivity contribution in [2.24, 2.45) is 0 Å². The number of nitrogens with zero attached hydrogens (tertiary/aromatic N) is 9. The number of carbonyl (C=O) groups is 3. The Morgan fingerprint density at radius 3 is 1.41 bits per heavy atom. The van der Waals surface area contributed by atoms with Gasteiger partial charge >= 0.3 is 39.0 Å². The molecule has 7 aromatic rings. The van der Waals surface area contributed by atoms with Gasteiger partial charge in [0, 0.05) is 76.6 Å². The monoisotopic (exact) mass is 1730 g/mol. The average Bonchev–Trinajstić information content (AvgIpc) is 1.60. The molecule has 0 radical (unpaired) electrons. The first-order valence-corrected chi connectivity index (χ1v) is 40.7. The lowest BCUT2D eigenvalue weighted by molar-refractivity contribution is 0.00578. The number of anilines is 3. The van der Waals surface area contributed by atoms with Crippen LogP contribution in [0.4, 0.5) is 17.7 Å². The van der Waals surface area contributed by atoms with Crippen molar-refractivity contribution in [1.29, 1.82) is 0 Å². The summed E-state index contributed by atoms with van der Waals surface area (Å²) < 4.78 is 49.6. The maximum absolute atomic E-state index is 13.4. The number of unbranched alkanes of at least 4 members (excludes halogenated alkanes) is 2. The molecule has 2 aliphatic carbocycles. The second-order valence-electron chi connectivity index (χ2n) is 31.1. The van der Waals surface area contributed by atoms with Gasteiger partial charge in [-0.2, -0.15) is 9.97 Å². The fourth-order valence-corrected chi connectivity index (χ4v) is 13.1. The van der Waals surface area contributed by atoms with Crippen LogP contribution in [-0.2, 0) is 37.4 Å². The van der Waals surface area contributed by atoms with Crippen molar-refractivity contribution < 1.29 is 67.1 Å². The smallest absolute Gasteiger partial charge is 0.476 e. The summed E-state index contributed by atoms with van der Waals surface area (Å²) >= 11 is 9.81. The molecule has 0 atom stereocenters. The summed E-state index contributed by atoms with van der Waals surface area (Å²) in [6.45, 7) is 41.6. The van der Waals surface area contributed by atoms with Gasteiger partial charge < -0.3 is 68.7 Å². The Labute approximate surface area is 679 Å². The van der Waals surface area contributed by atoms with Gasteiger partial charge in [-0.25, -0.2) is 44.3 Å². The van der Waals surface area contributed by atoms with E-state index >= 15 is 0 Å². The van der Waals surface area contributed by atoms with Crippen molar-refractivity contribution in [2.75, 3.05) is 42.3 Å². The van der Waals surface area contributed by atoms with Crippen LogP contribution in [0.3, 0.4) is 0 Å². The standard InChI is InChI=1S/C21H27N5O2.C15H22BNO4.C14H23BrN4O.C12H24B2O4.C9H10BrNO2.C7H6BrNO2/c1-3-4-11-22-21-23-12-17-16-10-5-13(2)24-18(16)20(28)26(19(17)25-21)14-6-8-15(27)9-7-14;1-7-19-13(18)12-11(9-8-10(2)17-12)16-20-14(3,4)15(5,6)21-16;1-2-3-8-16-14-17-9-12(15)13(19-14)18-10-4-6-11(20)7-5-10;1-9(2)10(3,4)16-13(15-9)14-17-11(5,6)12(7,8)18-14;1-3-13-9(12)8-7(10)5-4-6(2)11-8;1-4-2-3-5(8)6(9-4)7(10)11/h5,10,12,14-15,27H,3-4,6-9,11H2,1-2H3,(H,22,23,25);8-9H,7H2,1-6H3;9-11,20H,2-8H2,1H3,(H2,16,17,18,19);1-8H3;4-5H,3H2,1-2H3;2-3H,1H3,(H,10,11). The predicted octanol–water partition coefficient (Wildman–Crippen LogP) is 14.8. The highest BCUT2D eigenvalue weighted by atomic mass is 79.9. The summed E-state index contributed by atoms with van der Waals surface area (Å²) in [5.41, 5.74) is 2.97. The molecular weight excluding hydrogens is 1620 g/mol. The molecular formula is C78H112B3Br3N12O15. The average molecular weight is 1730 g/mol. The van der Waals surface area contributed by atoms with Crippen molar-refractivity contribution in [3.8, 4) is 0 Å². The topological polar surface area (TPSA) is 347 Å². The molecule has 0 spiro atoms. The number of halogens is 3. The zero-order chi connectivity index (χ0) is 82.1. The minimum atomic E-state index is -1.01. The number of aromatic carboxylic acids is 1. The number of esters is 2. The summed E-state index contributed by atoms with van der Waals surface area (Å²) in [5.74, 6) is 0.189. The van der Waals surface area contributed by atoms with E-state index in [1.807, 2.05) is 134 Å². The first kappa shape index (κ1) is 91.5. The van der Waals surface area contributed by atoms with Crippen molar-refractivity contribution >= 4 is 132 Å². The van der Waals surface area contributed by atoms with Gasteiger partial charge in [0.15, 0.2) is 11.4 Å². The maximum Gasteiger partial charge on any atom is 0.497 e. The molecule has 2 saturated carbocycles. The molecule has 12 rings (SSSR count). The van der Waals surface area contributed by atoms with E-state index in [-0.39, 0.29) is 57.6 Å². The molecule has 0 amide bonds. The third-order valence-corrected chi connectivity index (χ3v) is 22.5. The molecule has 6 N–H and O–H groups in total. The normalized spacial score (nSPS) is 20.1. The van der Waals surface area contributed by atoms with Gasteiger partial charge in [-0.1, -0.05) is 38.8 Å². The number of nitrogens with one attached hydrogen (secondary N) is 3. The number of aromatic nitrogens is 9. The summed E-state index contributed by atoms with van der Waals surface area (Å²) in [5, 5.41) is 39.6. The molecule has 33 heteroatoms. The van der Waals surface area contributed by atoms with Crippen LogP contribution in [-0.4, -0.2) is 177 Å². The van der Waals surface area contributed by atoms with Crippen LogP contribution in [0.15, 0.2) is 79.1 Å². The summed E-state index contributed by atoms with van der Waals surface area (Å²) in [6.07, 6.45) is 14.2. The zero-order valence-electron chi connectivity index (χ0n) is 68.0. The van der Waals surface area contributed by atoms with Crippen LogP contribution >= 0.6 is 47.8 Å². The first-order valence-electron chi connectivity index (χ1n) is 38.3. The fourth-order valence-electron chi connectivity index (χ4n) is 12.0. The molecule has 10 heterocycles. The van der Waals surface area contributed by atoms with E-state index in [4.69, 9.17) is 47.5 Å². The van der Waals surface area contributed by atoms with E-state index in [1.54, 1.807) is 55.9 Å². The molecule has 0 bridgehead atoms. The molecule has 27 nitrogen and oxygen atoms in total. The lowest BCUT2D eigenvalue weighted by atomic mass is 9.49. The number of pyridine rings is 5. The number of ether oxygens (including phenoxy) is 2. The van der Waals surface area contributed by atoms with Gasteiger partial charge in [-0.3, -0.25) is 9.36 Å². The highest BCUT2D eigenvalue weighted by Gasteiger charge is 2.64. The second-order valence-corrected chi connectivity index (χ2v) is 33.6. The highest BCUT2D eigenvalue weighted by Crippen LogP contribution is 2.44. The van der Waals surface area contributed by atoms with Crippen LogP contribution in [0, 0.1) is 27.7 Å². The van der Waals surface area contributed by atoms with E-state index in [0.717, 1.165) is 115 Å². The van der Waals surface area contributed by atoms with Gasteiger partial charge in [0.05, 0.1) is 72.4 Å². The number of rotatable bonds is 18. The lowest BCUT2D eigenvalue weighted by Gasteiger charge is -2.32. The summed E-state index contributed by atoms with van der Waals surface area (Å²) in [4.78, 5) is 82.0. The number of aryl methyl sites for hydroxylation is 4. The predicted molar refractivity (Wildman–Crippen MR) is 445 cm³/mol. The van der Waals surface area contributed by atoms with Crippen LogP contribution in [0.1, 0.15) is 248 Å². The molecule has 3 saturated heterocycles. The Morgan fingerprint density at radius 2 is 0.928 bits per heavy atom. The van der Waals surface area contributed by atoms with Gasteiger partial charge in [0.25, 0.3) is 5.56 Å². The van der Waals surface area contributed by atoms with Crippen molar-refractivity contribution in [3.05, 3.63) is 125 Å². The Bertz CT molecular complexity index is 4290. The fraction of sp³-hybridized carbons (Fsp3) is 0.590.